The summed E-state index contributed by atoms with van der Waals surface area (Å²) in [5.74, 6) is 0. The maximum Gasteiger partial charge on any atom is 0.0956 e. The van der Waals surface area contributed by atoms with Gasteiger partial charge in [-0.05, 0) is 17.2 Å². The van der Waals surface area contributed by atoms with E-state index in [1.807, 2.05) is 48.9 Å². The van der Waals surface area contributed by atoms with E-state index in [-0.39, 0.29) is 6.04 Å². The molecule has 110 valence electrons. The van der Waals surface area contributed by atoms with Crippen LogP contribution in [0, 0.1) is 0 Å². The van der Waals surface area contributed by atoms with Crippen LogP contribution in [0.15, 0.2) is 61.1 Å². The monoisotopic (exact) mass is 310 g/mol. The Morgan fingerprint density at radius 1 is 1.14 bits per heavy atom. The van der Waals surface area contributed by atoms with Crippen LogP contribution in [0.25, 0.3) is 11.3 Å². The van der Waals surface area contributed by atoms with Crippen molar-refractivity contribution < 1.29 is 5.11 Å². The lowest BCUT2D eigenvalue weighted by molar-refractivity contribution is 0.154. The highest BCUT2D eigenvalue weighted by molar-refractivity contribution is 6.31. The minimum atomic E-state index is -0.611. The summed E-state index contributed by atoms with van der Waals surface area (Å²) in [6.07, 6.45) is 3.67. The van der Waals surface area contributed by atoms with Crippen LogP contribution in [0.1, 0.15) is 29.7 Å². The summed E-state index contributed by atoms with van der Waals surface area (Å²) >= 11 is 6.20. The van der Waals surface area contributed by atoms with Gasteiger partial charge in [0.2, 0.25) is 0 Å². The molecule has 0 saturated heterocycles. The zero-order chi connectivity index (χ0) is 15.1. The Morgan fingerprint density at radius 2 is 1.91 bits per heavy atom. The summed E-state index contributed by atoms with van der Waals surface area (Å²) in [6, 6.07) is 15.8. The molecular weight excluding hydrogens is 296 g/mol. The van der Waals surface area contributed by atoms with E-state index < -0.39 is 6.10 Å². The minimum Gasteiger partial charge on any atom is -0.388 e. The van der Waals surface area contributed by atoms with Gasteiger partial charge in [-0.15, -0.1) is 0 Å². The van der Waals surface area contributed by atoms with Crippen molar-refractivity contribution in [1.82, 2.24) is 9.55 Å². The van der Waals surface area contributed by atoms with E-state index in [0.717, 1.165) is 11.3 Å². The molecule has 4 rings (SSSR count). The second-order valence-electron chi connectivity index (χ2n) is 5.56. The molecule has 2 atom stereocenters. The van der Waals surface area contributed by atoms with Crippen LogP contribution in [0.5, 0.6) is 0 Å². The maximum absolute atomic E-state index is 10.6. The summed E-state index contributed by atoms with van der Waals surface area (Å²) in [4.78, 5) is 4.25. The molecule has 0 radical (unpaired) electrons. The lowest BCUT2D eigenvalue weighted by Gasteiger charge is -2.20. The van der Waals surface area contributed by atoms with Crippen LogP contribution in [0.4, 0.5) is 0 Å². The Hall–Kier alpha value is -2.10. The van der Waals surface area contributed by atoms with E-state index >= 15 is 0 Å². The van der Waals surface area contributed by atoms with E-state index in [9.17, 15) is 5.11 Å². The van der Waals surface area contributed by atoms with E-state index in [4.69, 9.17) is 11.6 Å². The van der Waals surface area contributed by atoms with Gasteiger partial charge in [0, 0.05) is 17.0 Å². The number of benzene rings is 2. The molecule has 2 aromatic carbocycles. The second-order valence-corrected chi connectivity index (χ2v) is 5.97. The third-order valence-electron chi connectivity index (χ3n) is 4.31. The molecule has 1 aliphatic rings. The number of halogens is 1. The zero-order valence-corrected chi connectivity index (χ0v) is 12.6. The van der Waals surface area contributed by atoms with Gasteiger partial charge < -0.3 is 9.67 Å². The van der Waals surface area contributed by atoms with Crippen LogP contribution < -0.4 is 0 Å². The van der Waals surface area contributed by atoms with Crippen molar-refractivity contribution in [2.45, 2.75) is 18.6 Å². The van der Waals surface area contributed by atoms with Crippen molar-refractivity contribution in [2.24, 2.45) is 0 Å². The lowest BCUT2D eigenvalue weighted by atomic mass is 9.96. The average Bonchev–Trinajstić information content (AvgIpc) is 3.11. The molecule has 1 aliphatic heterocycles. The third kappa shape index (κ3) is 2.05. The molecule has 0 fully saturated rings. The SMILES string of the molecule is OC(CC1c2ccccc2-c2cncn21)c1ccccc1Cl. The molecule has 2 unspecified atom stereocenters. The lowest BCUT2D eigenvalue weighted by Crippen LogP contribution is -2.10. The van der Waals surface area contributed by atoms with E-state index in [0.29, 0.717) is 11.4 Å². The Morgan fingerprint density at radius 3 is 2.77 bits per heavy atom. The number of hydrogen-bond donors (Lipinski definition) is 1. The highest BCUT2D eigenvalue weighted by Gasteiger charge is 2.30. The fourth-order valence-electron chi connectivity index (χ4n) is 3.26. The first kappa shape index (κ1) is 13.6. The fraction of sp³-hybridized carbons (Fsp3) is 0.167. The van der Waals surface area contributed by atoms with Crippen LogP contribution in [0.3, 0.4) is 0 Å². The van der Waals surface area contributed by atoms with Crippen molar-refractivity contribution in [1.29, 1.82) is 0 Å². The van der Waals surface area contributed by atoms with E-state index in [1.54, 1.807) is 0 Å². The van der Waals surface area contributed by atoms with Crippen molar-refractivity contribution in [3.05, 3.63) is 77.2 Å². The molecule has 1 aromatic heterocycles. The third-order valence-corrected chi connectivity index (χ3v) is 4.65. The van der Waals surface area contributed by atoms with Crippen molar-refractivity contribution in [3.8, 4) is 11.3 Å². The smallest absolute Gasteiger partial charge is 0.0956 e. The molecule has 0 spiro atoms. The largest absolute Gasteiger partial charge is 0.388 e. The number of nitrogens with zero attached hydrogens (tertiary/aromatic N) is 2. The van der Waals surface area contributed by atoms with Gasteiger partial charge in [0.05, 0.1) is 30.4 Å². The van der Waals surface area contributed by atoms with Crippen LogP contribution in [-0.4, -0.2) is 14.7 Å². The second kappa shape index (κ2) is 5.27. The summed E-state index contributed by atoms with van der Waals surface area (Å²) in [5, 5.41) is 11.2. The van der Waals surface area contributed by atoms with Crippen molar-refractivity contribution in [3.63, 3.8) is 0 Å². The van der Waals surface area contributed by atoms with Gasteiger partial charge in [0.1, 0.15) is 0 Å². The predicted octanol–water partition coefficient (Wildman–Crippen LogP) is 4.23. The summed E-state index contributed by atoms with van der Waals surface area (Å²) < 4.78 is 2.13. The number of imidazole rings is 1. The predicted molar refractivity (Wildman–Crippen MR) is 86.8 cm³/mol. The molecule has 2 heterocycles. The Balaban J connectivity index is 1.71. The molecular formula is C18H15ClN2O. The van der Waals surface area contributed by atoms with Crippen LogP contribution in [-0.2, 0) is 0 Å². The zero-order valence-electron chi connectivity index (χ0n) is 11.9. The maximum atomic E-state index is 10.6. The molecule has 0 amide bonds. The number of rotatable bonds is 3. The minimum absolute atomic E-state index is 0.0833. The van der Waals surface area contributed by atoms with Gasteiger partial charge in [-0.25, -0.2) is 4.98 Å². The van der Waals surface area contributed by atoms with Crippen LogP contribution >= 0.6 is 11.6 Å². The average molecular weight is 311 g/mol. The summed E-state index contributed by atoms with van der Waals surface area (Å²) in [5.41, 5.74) is 4.30. The molecule has 0 saturated carbocycles. The Labute approximate surface area is 133 Å². The van der Waals surface area contributed by atoms with Gasteiger partial charge in [-0.1, -0.05) is 54.1 Å². The number of aliphatic hydroxyl groups is 1. The molecule has 3 nitrogen and oxygen atoms in total. The van der Waals surface area contributed by atoms with Gasteiger partial charge in [0.15, 0.2) is 0 Å². The van der Waals surface area contributed by atoms with E-state index in [2.05, 4.69) is 21.7 Å². The Kier molecular flexibility index (Phi) is 3.25. The summed E-state index contributed by atoms with van der Waals surface area (Å²) in [7, 11) is 0. The van der Waals surface area contributed by atoms with Gasteiger partial charge in [0.25, 0.3) is 0 Å². The molecule has 0 aliphatic carbocycles. The highest BCUT2D eigenvalue weighted by Crippen LogP contribution is 2.43. The van der Waals surface area contributed by atoms with Crippen molar-refractivity contribution in [2.75, 3.05) is 0 Å². The first-order valence-corrected chi connectivity index (χ1v) is 7.67. The molecule has 4 heteroatoms. The quantitative estimate of drug-likeness (QED) is 0.786. The number of aliphatic hydroxyl groups excluding tert-OH is 1. The molecule has 0 bridgehead atoms. The number of fused-ring (bicyclic) bond motifs is 3. The first-order chi connectivity index (χ1) is 10.8. The normalized spacial score (nSPS) is 17.1. The summed E-state index contributed by atoms with van der Waals surface area (Å²) in [6.45, 7) is 0. The first-order valence-electron chi connectivity index (χ1n) is 7.29. The van der Waals surface area contributed by atoms with Gasteiger partial charge >= 0.3 is 0 Å². The standard InChI is InChI=1S/C18H15ClN2O/c19-15-8-4-3-7-14(15)18(22)9-16-12-5-1-2-6-13(12)17-10-20-11-21(16)17/h1-8,10-11,16,18,22H,9H2. The number of hydrogen-bond acceptors (Lipinski definition) is 2. The van der Waals surface area contributed by atoms with Crippen LogP contribution in [0.2, 0.25) is 5.02 Å². The van der Waals surface area contributed by atoms with Crippen molar-refractivity contribution >= 4 is 11.6 Å². The molecule has 22 heavy (non-hydrogen) atoms. The van der Waals surface area contributed by atoms with Gasteiger partial charge in [-0.2, -0.15) is 0 Å². The topological polar surface area (TPSA) is 38.1 Å². The van der Waals surface area contributed by atoms with E-state index in [1.165, 1.54) is 11.1 Å². The Bertz CT molecular complexity index is 827. The molecule has 1 N–H and O–H groups in total. The molecule has 3 aromatic rings. The fourth-order valence-corrected chi connectivity index (χ4v) is 3.52. The number of aromatic nitrogens is 2. The highest BCUT2D eigenvalue weighted by atomic mass is 35.5. The van der Waals surface area contributed by atoms with Gasteiger partial charge in [-0.3, -0.25) is 0 Å².